The van der Waals surface area contributed by atoms with Crippen LogP contribution in [0, 0.1) is 11.7 Å². The summed E-state index contributed by atoms with van der Waals surface area (Å²) in [6, 6.07) is 0. The number of halogens is 1. The van der Waals surface area contributed by atoms with Gasteiger partial charge in [0.15, 0.2) is 11.6 Å². The molecule has 1 rings (SSSR count). The quantitative estimate of drug-likeness (QED) is 0.680. The summed E-state index contributed by atoms with van der Waals surface area (Å²) in [5, 5.41) is 14.6. The minimum absolute atomic E-state index is 0.0527. The van der Waals surface area contributed by atoms with Crippen LogP contribution in [0.1, 0.15) is 13.8 Å². The highest BCUT2D eigenvalue weighted by atomic mass is 19.1. The summed E-state index contributed by atoms with van der Waals surface area (Å²) in [5.41, 5.74) is 0. The van der Waals surface area contributed by atoms with Crippen molar-refractivity contribution in [2.45, 2.75) is 13.8 Å². The van der Waals surface area contributed by atoms with Gasteiger partial charge in [0.05, 0.1) is 6.20 Å². The number of nitrogens with one attached hydrogen (secondary N) is 2. The highest BCUT2D eigenvalue weighted by molar-refractivity contribution is 5.40. The molecule has 3 N–H and O–H groups in total. The number of nitrogens with zero attached hydrogens (tertiary/aromatic N) is 2. The number of rotatable bonds is 6. The Hall–Kier alpha value is -1.43. The van der Waals surface area contributed by atoms with E-state index < -0.39 is 5.82 Å². The number of hydrogen-bond donors (Lipinski definition) is 3. The average Bonchev–Trinajstić information content (AvgIpc) is 2.29. The van der Waals surface area contributed by atoms with E-state index in [-0.39, 0.29) is 18.3 Å². The lowest BCUT2D eigenvalue weighted by molar-refractivity contribution is 0.244. The SMILES string of the molecule is CCNc1ncc(F)c(NCC(C)CO)n1. The van der Waals surface area contributed by atoms with Crippen molar-refractivity contribution < 1.29 is 9.50 Å². The van der Waals surface area contributed by atoms with Crippen molar-refractivity contribution in [2.75, 3.05) is 30.3 Å². The lowest BCUT2D eigenvalue weighted by atomic mass is 10.2. The summed E-state index contributed by atoms with van der Waals surface area (Å²) in [6.07, 6.45) is 1.12. The maximum atomic E-state index is 13.3. The zero-order valence-corrected chi connectivity index (χ0v) is 9.50. The second kappa shape index (κ2) is 6.22. The Morgan fingerprint density at radius 3 is 2.88 bits per heavy atom. The fourth-order valence-electron chi connectivity index (χ4n) is 1.07. The molecule has 0 saturated heterocycles. The number of anilines is 2. The zero-order chi connectivity index (χ0) is 12.0. The number of aromatic nitrogens is 2. The van der Waals surface area contributed by atoms with E-state index in [1.165, 1.54) is 0 Å². The van der Waals surface area contributed by atoms with E-state index in [0.29, 0.717) is 19.0 Å². The predicted octanol–water partition coefficient (Wildman–Crippen LogP) is 1.09. The van der Waals surface area contributed by atoms with Crippen molar-refractivity contribution in [2.24, 2.45) is 5.92 Å². The smallest absolute Gasteiger partial charge is 0.224 e. The maximum Gasteiger partial charge on any atom is 0.224 e. The van der Waals surface area contributed by atoms with Gasteiger partial charge in [-0.25, -0.2) is 9.37 Å². The molecule has 0 bridgehead atoms. The first kappa shape index (κ1) is 12.6. The largest absolute Gasteiger partial charge is 0.396 e. The van der Waals surface area contributed by atoms with Crippen molar-refractivity contribution in [3.05, 3.63) is 12.0 Å². The van der Waals surface area contributed by atoms with E-state index in [0.717, 1.165) is 6.20 Å². The molecule has 0 saturated carbocycles. The Balaban J connectivity index is 2.66. The summed E-state index contributed by atoms with van der Waals surface area (Å²) < 4.78 is 13.3. The summed E-state index contributed by atoms with van der Waals surface area (Å²) in [6.45, 7) is 4.97. The molecule has 1 atom stereocenters. The van der Waals surface area contributed by atoms with Crippen LogP contribution in [0.15, 0.2) is 6.20 Å². The Kier molecular flexibility index (Phi) is 4.91. The van der Waals surface area contributed by atoms with Crippen molar-refractivity contribution in [1.29, 1.82) is 0 Å². The third kappa shape index (κ3) is 3.62. The molecule has 1 unspecified atom stereocenters. The van der Waals surface area contributed by atoms with Gasteiger partial charge >= 0.3 is 0 Å². The van der Waals surface area contributed by atoms with Gasteiger partial charge in [-0.2, -0.15) is 4.98 Å². The van der Waals surface area contributed by atoms with Gasteiger partial charge in [0.1, 0.15) is 0 Å². The van der Waals surface area contributed by atoms with Gasteiger partial charge in [-0.1, -0.05) is 6.92 Å². The van der Waals surface area contributed by atoms with Gasteiger partial charge < -0.3 is 15.7 Å². The standard InChI is InChI=1S/C10H17FN4O/c1-3-12-10-14-5-8(11)9(15-10)13-4-7(2)6-16/h5,7,16H,3-4,6H2,1-2H3,(H2,12,13,14,15). The van der Waals surface area contributed by atoms with Crippen molar-refractivity contribution in [1.82, 2.24) is 9.97 Å². The second-order valence-corrected chi connectivity index (χ2v) is 3.59. The summed E-state index contributed by atoms with van der Waals surface area (Å²) in [4.78, 5) is 7.77. The maximum absolute atomic E-state index is 13.3. The summed E-state index contributed by atoms with van der Waals surface area (Å²) in [7, 11) is 0. The normalized spacial score (nSPS) is 12.2. The third-order valence-corrected chi connectivity index (χ3v) is 2.01. The number of hydrogen-bond acceptors (Lipinski definition) is 5. The Labute approximate surface area is 94.1 Å². The zero-order valence-electron chi connectivity index (χ0n) is 9.50. The molecule has 0 aliphatic carbocycles. The summed E-state index contributed by atoms with van der Waals surface area (Å²) in [5.74, 6) is 0.109. The van der Waals surface area contributed by atoms with Crippen LogP contribution in [0.5, 0.6) is 0 Å². The topological polar surface area (TPSA) is 70.1 Å². The van der Waals surface area contributed by atoms with Gasteiger partial charge in [0.2, 0.25) is 5.95 Å². The highest BCUT2D eigenvalue weighted by Gasteiger charge is 2.07. The molecule has 0 spiro atoms. The average molecular weight is 228 g/mol. The molecule has 1 aromatic heterocycles. The first-order chi connectivity index (χ1) is 7.67. The van der Waals surface area contributed by atoms with Crippen molar-refractivity contribution >= 4 is 11.8 Å². The van der Waals surface area contributed by atoms with Crippen LogP contribution < -0.4 is 10.6 Å². The van der Waals surface area contributed by atoms with Crippen LogP contribution >= 0.6 is 0 Å². The fraction of sp³-hybridized carbons (Fsp3) is 0.600. The molecule has 90 valence electrons. The van der Waals surface area contributed by atoms with Crippen LogP contribution in [0.2, 0.25) is 0 Å². The molecule has 1 heterocycles. The Bertz CT molecular complexity index is 335. The molecule has 16 heavy (non-hydrogen) atoms. The molecule has 0 aliphatic rings. The second-order valence-electron chi connectivity index (χ2n) is 3.59. The molecule has 5 nitrogen and oxygen atoms in total. The molecule has 0 aliphatic heterocycles. The minimum Gasteiger partial charge on any atom is -0.396 e. The monoisotopic (exact) mass is 228 g/mol. The lowest BCUT2D eigenvalue weighted by Gasteiger charge is -2.11. The van der Waals surface area contributed by atoms with Gasteiger partial charge in [-0.05, 0) is 12.8 Å². The molecule has 0 fully saturated rings. The molecule has 6 heteroatoms. The van der Waals surface area contributed by atoms with Crippen LogP contribution in [0.25, 0.3) is 0 Å². The van der Waals surface area contributed by atoms with Crippen LogP contribution in [0.3, 0.4) is 0 Å². The van der Waals surface area contributed by atoms with Crippen LogP contribution in [-0.4, -0.2) is 34.8 Å². The Morgan fingerprint density at radius 1 is 1.50 bits per heavy atom. The fourth-order valence-corrected chi connectivity index (χ4v) is 1.07. The van der Waals surface area contributed by atoms with Gasteiger partial charge in [0.25, 0.3) is 0 Å². The van der Waals surface area contributed by atoms with E-state index in [4.69, 9.17) is 5.11 Å². The molecule has 0 radical (unpaired) electrons. The van der Waals surface area contributed by atoms with Crippen molar-refractivity contribution in [3.8, 4) is 0 Å². The molecule has 1 aromatic rings. The minimum atomic E-state index is -0.494. The van der Waals surface area contributed by atoms with Gasteiger partial charge in [-0.3, -0.25) is 0 Å². The molecular weight excluding hydrogens is 211 g/mol. The molecule has 0 amide bonds. The first-order valence-corrected chi connectivity index (χ1v) is 5.28. The van der Waals surface area contributed by atoms with Crippen LogP contribution in [0.4, 0.5) is 16.2 Å². The summed E-state index contributed by atoms with van der Waals surface area (Å²) >= 11 is 0. The number of aliphatic hydroxyl groups excluding tert-OH is 1. The van der Waals surface area contributed by atoms with E-state index >= 15 is 0 Å². The van der Waals surface area contributed by atoms with E-state index in [2.05, 4.69) is 20.6 Å². The Morgan fingerprint density at radius 2 is 2.25 bits per heavy atom. The predicted molar refractivity (Wildman–Crippen MR) is 60.9 cm³/mol. The highest BCUT2D eigenvalue weighted by Crippen LogP contribution is 2.12. The van der Waals surface area contributed by atoms with E-state index in [1.54, 1.807) is 0 Å². The van der Waals surface area contributed by atoms with Gasteiger partial charge in [0, 0.05) is 19.7 Å². The first-order valence-electron chi connectivity index (χ1n) is 5.28. The number of aliphatic hydroxyl groups is 1. The van der Waals surface area contributed by atoms with Gasteiger partial charge in [-0.15, -0.1) is 0 Å². The van der Waals surface area contributed by atoms with E-state index in [9.17, 15) is 4.39 Å². The lowest BCUT2D eigenvalue weighted by Crippen LogP contribution is -2.16. The molecule has 0 aromatic carbocycles. The van der Waals surface area contributed by atoms with Crippen LogP contribution in [-0.2, 0) is 0 Å². The van der Waals surface area contributed by atoms with Crippen molar-refractivity contribution in [3.63, 3.8) is 0 Å². The third-order valence-electron chi connectivity index (χ3n) is 2.01. The molecular formula is C10H17FN4O. The van der Waals surface area contributed by atoms with E-state index in [1.807, 2.05) is 13.8 Å².